The van der Waals surface area contributed by atoms with Crippen LogP contribution in [-0.2, 0) is 0 Å². The van der Waals surface area contributed by atoms with Gasteiger partial charge in [0.2, 0.25) is 0 Å². The van der Waals surface area contributed by atoms with Crippen LogP contribution in [-0.4, -0.2) is 16.7 Å². The maximum atomic E-state index is 7.84. The summed E-state index contributed by atoms with van der Waals surface area (Å²) < 4.78 is 0. The molecule has 0 unspecified atom stereocenters. The van der Waals surface area contributed by atoms with Crippen LogP contribution in [0.15, 0.2) is 18.2 Å². The minimum Gasteiger partial charge on any atom is -0.293 e. The first-order valence-corrected chi connectivity index (χ1v) is 6.66. The Kier molecular flexibility index (Phi) is 5.83. The molecule has 5 heteroatoms. The third-order valence-corrected chi connectivity index (χ3v) is 3.60. The fourth-order valence-electron chi connectivity index (χ4n) is 1.02. The van der Waals surface area contributed by atoms with E-state index in [1.165, 1.54) is 11.8 Å². The van der Waals surface area contributed by atoms with E-state index in [1.807, 2.05) is 0 Å². The smallest absolute Gasteiger partial charge is 0.0972 e. The number of halogens is 3. The zero-order valence-corrected chi connectivity index (χ0v) is 11.0. The van der Waals surface area contributed by atoms with Gasteiger partial charge in [-0.1, -0.05) is 29.3 Å². The minimum atomic E-state index is 0.399. The van der Waals surface area contributed by atoms with E-state index in [-0.39, 0.29) is 0 Å². The topological polar surface area (TPSA) is 23.9 Å². The van der Waals surface area contributed by atoms with E-state index in [4.69, 9.17) is 40.2 Å². The average molecular weight is 283 g/mol. The Hall–Kier alpha value is 0.110. The van der Waals surface area contributed by atoms with Crippen molar-refractivity contribution in [2.45, 2.75) is 6.42 Å². The first-order valence-electron chi connectivity index (χ1n) is 4.38. The van der Waals surface area contributed by atoms with Crippen molar-refractivity contribution in [3.63, 3.8) is 0 Å². The fourth-order valence-corrected chi connectivity index (χ4v) is 2.86. The van der Waals surface area contributed by atoms with Gasteiger partial charge < -0.3 is 0 Å². The monoisotopic (exact) mass is 281 g/mol. The molecular weight excluding hydrogens is 273 g/mol. The van der Waals surface area contributed by atoms with Gasteiger partial charge in [-0.2, -0.15) is 0 Å². The van der Waals surface area contributed by atoms with Gasteiger partial charge in [0.15, 0.2) is 0 Å². The summed E-state index contributed by atoms with van der Waals surface area (Å²) in [5, 5.41) is 9.28. The van der Waals surface area contributed by atoms with E-state index in [0.717, 1.165) is 12.2 Å². The Balaban J connectivity index is 2.73. The number of benzene rings is 1. The highest BCUT2D eigenvalue weighted by molar-refractivity contribution is 8.14. The predicted octanol–water partition coefficient (Wildman–Crippen LogP) is 4.68. The molecule has 1 nitrogen and oxygen atoms in total. The van der Waals surface area contributed by atoms with Crippen LogP contribution in [0.5, 0.6) is 0 Å². The standard InChI is InChI=1S/C10H10Cl3NS/c11-5-2-6-15-10(14)9-7(12)3-1-4-8(9)13/h1,3-4,14H,2,5-6H2. The first-order chi connectivity index (χ1) is 7.16. The lowest BCUT2D eigenvalue weighted by atomic mass is 10.2. The number of nitrogens with one attached hydrogen (secondary N) is 1. The molecular formula is C10H10Cl3NS. The number of thioether (sulfide) groups is 1. The molecule has 0 saturated heterocycles. The molecule has 0 amide bonds. The van der Waals surface area contributed by atoms with Crippen molar-refractivity contribution in [1.82, 2.24) is 0 Å². The van der Waals surface area contributed by atoms with Gasteiger partial charge in [0.1, 0.15) is 0 Å². The van der Waals surface area contributed by atoms with Crippen molar-refractivity contribution in [1.29, 1.82) is 5.41 Å². The van der Waals surface area contributed by atoms with Gasteiger partial charge in [-0.25, -0.2) is 0 Å². The highest BCUT2D eigenvalue weighted by Gasteiger charge is 2.10. The highest BCUT2D eigenvalue weighted by atomic mass is 35.5. The van der Waals surface area contributed by atoms with Crippen LogP contribution in [0.25, 0.3) is 0 Å². The van der Waals surface area contributed by atoms with Crippen molar-refractivity contribution in [2.24, 2.45) is 0 Å². The Morgan fingerprint density at radius 1 is 1.27 bits per heavy atom. The summed E-state index contributed by atoms with van der Waals surface area (Å²) in [5.74, 6) is 1.42. The SMILES string of the molecule is N=C(SCCCCl)c1c(Cl)cccc1Cl. The van der Waals surface area contributed by atoms with Gasteiger partial charge in [0.25, 0.3) is 0 Å². The molecule has 0 saturated carbocycles. The summed E-state index contributed by atoms with van der Waals surface area (Å²) in [6, 6.07) is 5.24. The second-order valence-electron chi connectivity index (χ2n) is 2.82. The van der Waals surface area contributed by atoms with Crippen LogP contribution >= 0.6 is 46.6 Å². The Morgan fingerprint density at radius 2 is 1.87 bits per heavy atom. The van der Waals surface area contributed by atoms with Gasteiger partial charge in [0.05, 0.1) is 15.1 Å². The summed E-state index contributed by atoms with van der Waals surface area (Å²) in [4.78, 5) is 0. The van der Waals surface area contributed by atoms with Gasteiger partial charge >= 0.3 is 0 Å². The summed E-state index contributed by atoms with van der Waals surface area (Å²) >= 11 is 18.9. The molecule has 0 aliphatic rings. The average Bonchev–Trinajstić information content (AvgIpc) is 2.18. The van der Waals surface area contributed by atoms with Gasteiger partial charge in [-0.3, -0.25) is 5.41 Å². The largest absolute Gasteiger partial charge is 0.293 e. The maximum Gasteiger partial charge on any atom is 0.0972 e. The van der Waals surface area contributed by atoms with E-state index < -0.39 is 0 Å². The molecule has 0 fully saturated rings. The van der Waals surface area contributed by atoms with E-state index in [9.17, 15) is 0 Å². The number of hydrogen-bond donors (Lipinski definition) is 1. The molecule has 15 heavy (non-hydrogen) atoms. The van der Waals surface area contributed by atoms with Crippen molar-refractivity contribution >= 4 is 51.6 Å². The van der Waals surface area contributed by atoms with Crippen molar-refractivity contribution in [2.75, 3.05) is 11.6 Å². The molecule has 0 aliphatic carbocycles. The molecule has 0 heterocycles. The molecule has 1 rings (SSSR count). The number of rotatable bonds is 4. The lowest BCUT2D eigenvalue weighted by molar-refractivity contribution is 1.12. The summed E-state index contributed by atoms with van der Waals surface area (Å²) in [7, 11) is 0. The lowest BCUT2D eigenvalue weighted by Gasteiger charge is -2.07. The molecule has 1 aromatic rings. The zero-order valence-electron chi connectivity index (χ0n) is 7.90. The summed E-state index contributed by atoms with van der Waals surface area (Å²) in [5.41, 5.74) is 0.611. The van der Waals surface area contributed by atoms with Gasteiger partial charge in [-0.15, -0.1) is 23.4 Å². The van der Waals surface area contributed by atoms with Crippen molar-refractivity contribution in [3.8, 4) is 0 Å². The van der Waals surface area contributed by atoms with Crippen LogP contribution in [0, 0.1) is 5.41 Å². The van der Waals surface area contributed by atoms with Gasteiger partial charge in [0, 0.05) is 17.2 Å². The predicted molar refractivity (Wildman–Crippen MR) is 71.1 cm³/mol. The third kappa shape index (κ3) is 3.87. The van der Waals surface area contributed by atoms with E-state index in [0.29, 0.717) is 26.5 Å². The molecule has 82 valence electrons. The molecule has 0 radical (unpaired) electrons. The van der Waals surface area contributed by atoms with Crippen LogP contribution in [0.1, 0.15) is 12.0 Å². The van der Waals surface area contributed by atoms with E-state index in [1.54, 1.807) is 18.2 Å². The maximum absolute atomic E-state index is 7.84. The molecule has 0 atom stereocenters. The Labute approximate surface area is 109 Å². The molecule has 1 N–H and O–H groups in total. The second kappa shape index (κ2) is 6.64. The van der Waals surface area contributed by atoms with Gasteiger partial charge in [-0.05, 0) is 18.6 Å². The van der Waals surface area contributed by atoms with Crippen LogP contribution in [0.3, 0.4) is 0 Å². The normalized spacial score (nSPS) is 10.3. The highest BCUT2D eigenvalue weighted by Crippen LogP contribution is 2.28. The molecule has 0 spiro atoms. The molecule has 0 aromatic heterocycles. The van der Waals surface area contributed by atoms with Crippen molar-refractivity contribution in [3.05, 3.63) is 33.8 Å². The fraction of sp³-hybridized carbons (Fsp3) is 0.300. The van der Waals surface area contributed by atoms with Crippen molar-refractivity contribution < 1.29 is 0 Å². The first kappa shape index (κ1) is 13.2. The van der Waals surface area contributed by atoms with Crippen LogP contribution in [0.4, 0.5) is 0 Å². The third-order valence-electron chi connectivity index (χ3n) is 1.71. The zero-order chi connectivity index (χ0) is 11.3. The summed E-state index contributed by atoms with van der Waals surface area (Å²) in [6.07, 6.45) is 0.872. The molecule has 0 aliphatic heterocycles. The number of hydrogen-bond acceptors (Lipinski definition) is 2. The Bertz CT molecular complexity index is 334. The minimum absolute atomic E-state index is 0.399. The molecule has 0 bridgehead atoms. The van der Waals surface area contributed by atoms with Crippen LogP contribution < -0.4 is 0 Å². The Morgan fingerprint density at radius 3 is 2.40 bits per heavy atom. The van der Waals surface area contributed by atoms with E-state index >= 15 is 0 Å². The molecule has 1 aromatic carbocycles. The second-order valence-corrected chi connectivity index (χ2v) is 5.11. The van der Waals surface area contributed by atoms with E-state index in [2.05, 4.69) is 0 Å². The summed E-state index contributed by atoms with van der Waals surface area (Å²) in [6.45, 7) is 0. The number of alkyl halides is 1. The van der Waals surface area contributed by atoms with Crippen LogP contribution in [0.2, 0.25) is 10.0 Å². The quantitative estimate of drug-likeness (QED) is 0.368. The lowest BCUT2D eigenvalue weighted by Crippen LogP contribution is -1.97.